The highest BCUT2D eigenvalue weighted by Crippen LogP contribution is 2.30. The molecular formula is C10H12N2S. The van der Waals surface area contributed by atoms with Gasteiger partial charge in [0, 0.05) is 4.88 Å². The second kappa shape index (κ2) is 2.77. The predicted molar refractivity (Wildman–Crippen MR) is 56.4 cm³/mol. The van der Waals surface area contributed by atoms with Crippen LogP contribution in [0.15, 0.2) is 0 Å². The Kier molecular flexibility index (Phi) is 1.84. The van der Waals surface area contributed by atoms with Crippen molar-refractivity contribution in [3.8, 4) is 0 Å². The van der Waals surface area contributed by atoms with Crippen LogP contribution in [-0.4, -0.2) is 9.97 Å². The number of hydrogen-bond acceptors (Lipinski definition) is 3. The summed E-state index contributed by atoms with van der Waals surface area (Å²) in [7, 11) is 0. The third-order valence-electron chi connectivity index (χ3n) is 2.29. The number of aryl methyl sites for hydroxylation is 4. The van der Waals surface area contributed by atoms with Crippen LogP contribution >= 0.6 is 11.3 Å². The minimum absolute atomic E-state index is 0.867. The zero-order valence-electron chi connectivity index (χ0n) is 8.30. The summed E-state index contributed by atoms with van der Waals surface area (Å²) in [5.74, 6) is 0.867. The first-order valence-electron chi connectivity index (χ1n) is 4.30. The fraction of sp³-hybridized carbons (Fsp3) is 0.400. The second-order valence-electron chi connectivity index (χ2n) is 3.32. The standard InChI is InChI=1S/C10H12N2S/c1-5-7(3)13-10-6(2)11-8(4)12-9(5)10/h1-4H3. The smallest absolute Gasteiger partial charge is 0.126 e. The van der Waals surface area contributed by atoms with Crippen molar-refractivity contribution in [3.63, 3.8) is 0 Å². The van der Waals surface area contributed by atoms with Crippen LogP contribution in [0.3, 0.4) is 0 Å². The molecule has 0 spiro atoms. The normalized spacial score (nSPS) is 11.1. The summed E-state index contributed by atoms with van der Waals surface area (Å²) in [6.07, 6.45) is 0. The Balaban J connectivity index is 2.94. The molecule has 2 heterocycles. The average Bonchev–Trinajstić information content (AvgIpc) is 2.32. The van der Waals surface area contributed by atoms with Crippen molar-refractivity contribution in [1.29, 1.82) is 0 Å². The largest absolute Gasteiger partial charge is 0.237 e. The average molecular weight is 192 g/mol. The van der Waals surface area contributed by atoms with Crippen molar-refractivity contribution in [3.05, 3.63) is 22.0 Å². The summed E-state index contributed by atoms with van der Waals surface area (Å²) >= 11 is 1.79. The first-order valence-corrected chi connectivity index (χ1v) is 5.12. The van der Waals surface area contributed by atoms with Gasteiger partial charge in [-0.2, -0.15) is 0 Å². The first-order chi connectivity index (χ1) is 6.09. The fourth-order valence-corrected chi connectivity index (χ4v) is 2.52. The molecule has 0 unspecified atom stereocenters. The molecule has 0 saturated heterocycles. The molecular weight excluding hydrogens is 180 g/mol. The molecule has 0 aliphatic carbocycles. The highest BCUT2D eigenvalue weighted by Gasteiger charge is 2.09. The molecule has 2 aromatic rings. The number of hydrogen-bond donors (Lipinski definition) is 0. The first kappa shape index (κ1) is 8.63. The summed E-state index contributed by atoms with van der Waals surface area (Å²) in [5.41, 5.74) is 3.53. The zero-order valence-corrected chi connectivity index (χ0v) is 9.12. The molecule has 68 valence electrons. The topological polar surface area (TPSA) is 25.8 Å². The molecule has 0 radical (unpaired) electrons. The van der Waals surface area contributed by atoms with Gasteiger partial charge in [0.15, 0.2) is 0 Å². The van der Waals surface area contributed by atoms with E-state index in [0.717, 1.165) is 17.0 Å². The van der Waals surface area contributed by atoms with E-state index in [1.54, 1.807) is 11.3 Å². The van der Waals surface area contributed by atoms with Gasteiger partial charge in [-0.3, -0.25) is 0 Å². The van der Waals surface area contributed by atoms with Crippen molar-refractivity contribution in [2.45, 2.75) is 27.7 Å². The molecule has 0 aliphatic rings. The van der Waals surface area contributed by atoms with E-state index in [0.29, 0.717) is 0 Å². The lowest BCUT2D eigenvalue weighted by Gasteiger charge is -1.97. The Morgan fingerprint density at radius 3 is 2.38 bits per heavy atom. The zero-order chi connectivity index (χ0) is 9.59. The highest BCUT2D eigenvalue weighted by atomic mass is 32.1. The Hall–Kier alpha value is -0.960. The SMILES string of the molecule is Cc1nc(C)c2sc(C)c(C)c2n1. The van der Waals surface area contributed by atoms with Gasteiger partial charge in [0.1, 0.15) is 5.82 Å². The molecule has 0 atom stereocenters. The van der Waals surface area contributed by atoms with E-state index in [-0.39, 0.29) is 0 Å². The van der Waals surface area contributed by atoms with Crippen molar-refractivity contribution >= 4 is 21.6 Å². The number of nitrogens with zero attached hydrogens (tertiary/aromatic N) is 2. The van der Waals surface area contributed by atoms with E-state index in [1.165, 1.54) is 15.1 Å². The quantitative estimate of drug-likeness (QED) is 0.641. The summed E-state index contributed by atoms with van der Waals surface area (Å²) in [6.45, 7) is 8.25. The molecule has 3 heteroatoms. The minimum atomic E-state index is 0.867. The second-order valence-corrected chi connectivity index (χ2v) is 4.54. The molecule has 2 nitrogen and oxygen atoms in total. The third kappa shape index (κ3) is 1.23. The van der Waals surface area contributed by atoms with Crippen LogP contribution < -0.4 is 0 Å². The Morgan fingerprint density at radius 1 is 1.00 bits per heavy atom. The van der Waals surface area contributed by atoms with E-state index < -0.39 is 0 Å². The summed E-state index contributed by atoms with van der Waals surface area (Å²) in [5, 5.41) is 0. The number of thiophene rings is 1. The Morgan fingerprint density at radius 2 is 1.69 bits per heavy atom. The predicted octanol–water partition coefficient (Wildman–Crippen LogP) is 2.92. The van der Waals surface area contributed by atoms with E-state index in [9.17, 15) is 0 Å². The molecule has 2 rings (SSSR count). The number of rotatable bonds is 0. The van der Waals surface area contributed by atoms with Crippen LogP contribution in [0.5, 0.6) is 0 Å². The molecule has 13 heavy (non-hydrogen) atoms. The van der Waals surface area contributed by atoms with E-state index in [1.807, 2.05) is 13.8 Å². The molecule has 0 N–H and O–H groups in total. The Bertz CT molecular complexity index is 471. The monoisotopic (exact) mass is 192 g/mol. The maximum atomic E-state index is 4.46. The van der Waals surface area contributed by atoms with Gasteiger partial charge in [-0.05, 0) is 33.3 Å². The van der Waals surface area contributed by atoms with Crippen molar-refractivity contribution in [2.24, 2.45) is 0 Å². The highest BCUT2D eigenvalue weighted by molar-refractivity contribution is 7.19. The molecule has 0 aliphatic heterocycles. The van der Waals surface area contributed by atoms with E-state index in [4.69, 9.17) is 0 Å². The summed E-state index contributed by atoms with van der Waals surface area (Å²) in [4.78, 5) is 10.2. The van der Waals surface area contributed by atoms with Gasteiger partial charge in [-0.15, -0.1) is 11.3 Å². The van der Waals surface area contributed by atoms with Gasteiger partial charge < -0.3 is 0 Å². The fourth-order valence-electron chi connectivity index (χ4n) is 1.48. The van der Waals surface area contributed by atoms with Gasteiger partial charge in [0.05, 0.1) is 15.9 Å². The van der Waals surface area contributed by atoms with E-state index in [2.05, 4.69) is 23.8 Å². The van der Waals surface area contributed by atoms with Crippen LogP contribution in [-0.2, 0) is 0 Å². The van der Waals surface area contributed by atoms with Gasteiger partial charge in [-0.1, -0.05) is 0 Å². The van der Waals surface area contributed by atoms with Crippen LogP contribution in [0.2, 0.25) is 0 Å². The maximum absolute atomic E-state index is 4.46. The third-order valence-corrected chi connectivity index (χ3v) is 3.59. The van der Waals surface area contributed by atoms with Crippen LogP contribution in [0, 0.1) is 27.7 Å². The van der Waals surface area contributed by atoms with Crippen molar-refractivity contribution in [2.75, 3.05) is 0 Å². The van der Waals surface area contributed by atoms with Gasteiger partial charge in [-0.25, -0.2) is 9.97 Å². The lowest BCUT2D eigenvalue weighted by molar-refractivity contribution is 1.05. The van der Waals surface area contributed by atoms with Crippen LogP contribution in [0.1, 0.15) is 22.0 Å². The lowest BCUT2D eigenvalue weighted by atomic mass is 10.2. The van der Waals surface area contributed by atoms with Crippen LogP contribution in [0.25, 0.3) is 10.2 Å². The number of aromatic nitrogens is 2. The van der Waals surface area contributed by atoms with Crippen LogP contribution in [0.4, 0.5) is 0 Å². The lowest BCUT2D eigenvalue weighted by Crippen LogP contribution is -1.90. The van der Waals surface area contributed by atoms with Crippen molar-refractivity contribution in [1.82, 2.24) is 9.97 Å². The molecule has 0 saturated carbocycles. The molecule has 0 bridgehead atoms. The van der Waals surface area contributed by atoms with Gasteiger partial charge in [0.25, 0.3) is 0 Å². The molecule has 0 fully saturated rings. The van der Waals surface area contributed by atoms with Gasteiger partial charge in [0.2, 0.25) is 0 Å². The van der Waals surface area contributed by atoms with Gasteiger partial charge >= 0.3 is 0 Å². The maximum Gasteiger partial charge on any atom is 0.126 e. The number of fused-ring (bicyclic) bond motifs is 1. The summed E-state index contributed by atoms with van der Waals surface area (Å²) < 4.78 is 1.24. The van der Waals surface area contributed by atoms with E-state index >= 15 is 0 Å². The minimum Gasteiger partial charge on any atom is -0.237 e. The molecule has 2 aromatic heterocycles. The molecule has 0 aromatic carbocycles. The van der Waals surface area contributed by atoms with Crippen molar-refractivity contribution < 1.29 is 0 Å². The summed E-state index contributed by atoms with van der Waals surface area (Å²) in [6, 6.07) is 0. The molecule has 0 amide bonds. The Labute approximate surface area is 81.7 Å².